The Morgan fingerprint density at radius 3 is 2.41 bits per heavy atom. The first-order valence-electron chi connectivity index (χ1n) is 7.24. The summed E-state index contributed by atoms with van der Waals surface area (Å²) in [4.78, 5) is 11.4. The summed E-state index contributed by atoms with van der Waals surface area (Å²) in [5.74, 6) is -0.166. The SMILES string of the molecule is CCc1ccc(C(C)(O)c2cc(Br)ccc2NC(C)=O)cc1. The lowest BCUT2D eigenvalue weighted by Gasteiger charge is -2.27. The van der Waals surface area contributed by atoms with Crippen LogP contribution < -0.4 is 5.32 Å². The number of hydrogen-bond donors (Lipinski definition) is 2. The number of benzene rings is 2. The predicted octanol–water partition coefficient (Wildman–Crippen LogP) is 4.23. The van der Waals surface area contributed by atoms with Gasteiger partial charge in [0.15, 0.2) is 0 Å². The monoisotopic (exact) mass is 361 g/mol. The summed E-state index contributed by atoms with van der Waals surface area (Å²) in [6.07, 6.45) is 0.955. The molecule has 0 bridgehead atoms. The van der Waals surface area contributed by atoms with Gasteiger partial charge in [0, 0.05) is 22.6 Å². The highest BCUT2D eigenvalue weighted by atomic mass is 79.9. The van der Waals surface area contributed by atoms with Crippen LogP contribution in [0.15, 0.2) is 46.9 Å². The van der Waals surface area contributed by atoms with E-state index < -0.39 is 5.60 Å². The molecule has 0 aliphatic carbocycles. The van der Waals surface area contributed by atoms with E-state index in [-0.39, 0.29) is 5.91 Å². The number of halogens is 1. The molecule has 1 unspecified atom stereocenters. The molecule has 22 heavy (non-hydrogen) atoms. The Balaban J connectivity index is 2.50. The Labute approximate surface area is 139 Å². The van der Waals surface area contributed by atoms with E-state index in [1.54, 1.807) is 13.0 Å². The van der Waals surface area contributed by atoms with Gasteiger partial charge in [-0.15, -0.1) is 0 Å². The first-order chi connectivity index (χ1) is 10.3. The third-order valence-corrected chi connectivity index (χ3v) is 4.23. The van der Waals surface area contributed by atoms with Crippen LogP contribution in [0.25, 0.3) is 0 Å². The second kappa shape index (κ2) is 6.63. The molecule has 1 amide bonds. The molecule has 0 saturated heterocycles. The van der Waals surface area contributed by atoms with E-state index in [1.807, 2.05) is 36.4 Å². The van der Waals surface area contributed by atoms with Crippen LogP contribution >= 0.6 is 15.9 Å². The minimum absolute atomic E-state index is 0.166. The van der Waals surface area contributed by atoms with Gasteiger partial charge in [0.1, 0.15) is 5.60 Å². The smallest absolute Gasteiger partial charge is 0.221 e. The van der Waals surface area contributed by atoms with Gasteiger partial charge in [-0.25, -0.2) is 0 Å². The molecule has 4 heteroatoms. The van der Waals surface area contributed by atoms with Crippen molar-refractivity contribution in [1.82, 2.24) is 0 Å². The molecular weight excluding hydrogens is 342 g/mol. The number of rotatable bonds is 4. The van der Waals surface area contributed by atoms with Gasteiger partial charge in [-0.2, -0.15) is 0 Å². The molecule has 2 N–H and O–H groups in total. The van der Waals surface area contributed by atoms with Crippen molar-refractivity contribution in [1.29, 1.82) is 0 Å². The number of anilines is 1. The van der Waals surface area contributed by atoms with Crippen LogP contribution in [0.5, 0.6) is 0 Å². The summed E-state index contributed by atoms with van der Waals surface area (Å²) in [5.41, 5.74) is 2.07. The number of carbonyl (C=O) groups excluding carboxylic acids is 1. The molecule has 2 aromatic rings. The molecule has 2 rings (SSSR count). The molecule has 1 atom stereocenters. The second-order valence-corrected chi connectivity index (χ2v) is 6.41. The average molecular weight is 362 g/mol. The van der Waals surface area contributed by atoms with Crippen LogP contribution in [0.2, 0.25) is 0 Å². The van der Waals surface area contributed by atoms with Crippen molar-refractivity contribution in [2.75, 3.05) is 5.32 Å². The molecule has 2 aromatic carbocycles. The Bertz CT molecular complexity index is 678. The summed E-state index contributed by atoms with van der Waals surface area (Å²) in [6, 6.07) is 13.3. The minimum Gasteiger partial charge on any atom is -0.381 e. The maximum absolute atomic E-state index is 11.4. The summed E-state index contributed by atoms with van der Waals surface area (Å²) in [6.45, 7) is 5.29. The van der Waals surface area contributed by atoms with Gasteiger partial charge in [-0.05, 0) is 42.7 Å². The first-order valence-corrected chi connectivity index (χ1v) is 8.03. The third kappa shape index (κ3) is 3.57. The number of hydrogen-bond acceptors (Lipinski definition) is 2. The Morgan fingerprint density at radius 1 is 1.23 bits per heavy atom. The number of carbonyl (C=O) groups is 1. The average Bonchev–Trinajstić information content (AvgIpc) is 2.48. The van der Waals surface area contributed by atoms with Crippen molar-refractivity contribution < 1.29 is 9.90 Å². The van der Waals surface area contributed by atoms with E-state index in [1.165, 1.54) is 12.5 Å². The number of nitrogens with one attached hydrogen (secondary N) is 1. The lowest BCUT2D eigenvalue weighted by atomic mass is 9.86. The topological polar surface area (TPSA) is 49.3 Å². The Hall–Kier alpha value is -1.65. The highest BCUT2D eigenvalue weighted by Gasteiger charge is 2.29. The van der Waals surface area contributed by atoms with Crippen molar-refractivity contribution in [3.63, 3.8) is 0 Å². The van der Waals surface area contributed by atoms with E-state index in [0.717, 1.165) is 16.5 Å². The van der Waals surface area contributed by atoms with Crippen LogP contribution in [-0.4, -0.2) is 11.0 Å². The van der Waals surface area contributed by atoms with E-state index in [2.05, 4.69) is 28.2 Å². The van der Waals surface area contributed by atoms with E-state index in [0.29, 0.717) is 11.3 Å². The summed E-state index contributed by atoms with van der Waals surface area (Å²) in [7, 11) is 0. The van der Waals surface area contributed by atoms with E-state index >= 15 is 0 Å². The lowest BCUT2D eigenvalue weighted by Crippen LogP contribution is -2.25. The van der Waals surface area contributed by atoms with Crippen molar-refractivity contribution >= 4 is 27.5 Å². The number of aryl methyl sites for hydroxylation is 1. The fourth-order valence-corrected chi connectivity index (χ4v) is 2.80. The lowest BCUT2D eigenvalue weighted by molar-refractivity contribution is -0.114. The predicted molar refractivity (Wildman–Crippen MR) is 92.9 cm³/mol. The molecular formula is C18H20BrNO2. The van der Waals surface area contributed by atoms with Gasteiger partial charge in [0.2, 0.25) is 5.91 Å². The summed E-state index contributed by atoms with van der Waals surface area (Å²) in [5, 5.41) is 13.8. The van der Waals surface area contributed by atoms with Crippen LogP contribution in [0.3, 0.4) is 0 Å². The highest BCUT2D eigenvalue weighted by Crippen LogP contribution is 2.36. The quantitative estimate of drug-likeness (QED) is 0.855. The van der Waals surface area contributed by atoms with Gasteiger partial charge in [0.05, 0.1) is 0 Å². The Kier molecular flexibility index (Phi) is 5.04. The zero-order valence-electron chi connectivity index (χ0n) is 13.0. The van der Waals surface area contributed by atoms with Crippen molar-refractivity contribution in [2.24, 2.45) is 0 Å². The fourth-order valence-electron chi connectivity index (χ4n) is 2.44. The van der Waals surface area contributed by atoms with Crippen LogP contribution in [0, 0.1) is 0 Å². The Morgan fingerprint density at radius 2 is 1.86 bits per heavy atom. The third-order valence-electron chi connectivity index (χ3n) is 3.74. The molecule has 0 radical (unpaired) electrons. The molecule has 0 heterocycles. The molecule has 0 aliphatic heterocycles. The second-order valence-electron chi connectivity index (χ2n) is 5.49. The zero-order chi connectivity index (χ0) is 16.3. The first kappa shape index (κ1) is 16.7. The highest BCUT2D eigenvalue weighted by molar-refractivity contribution is 9.10. The molecule has 0 aliphatic rings. The molecule has 0 aromatic heterocycles. The van der Waals surface area contributed by atoms with Crippen LogP contribution in [0.1, 0.15) is 37.5 Å². The molecule has 116 valence electrons. The maximum atomic E-state index is 11.4. The van der Waals surface area contributed by atoms with Crippen molar-refractivity contribution in [3.05, 3.63) is 63.6 Å². The zero-order valence-corrected chi connectivity index (χ0v) is 14.6. The molecule has 0 spiro atoms. The number of aliphatic hydroxyl groups is 1. The number of amides is 1. The van der Waals surface area contributed by atoms with Gasteiger partial charge in [-0.3, -0.25) is 4.79 Å². The van der Waals surface area contributed by atoms with E-state index in [9.17, 15) is 9.90 Å². The van der Waals surface area contributed by atoms with Gasteiger partial charge < -0.3 is 10.4 Å². The minimum atomic E-state index is -1.20. The molecule has 0 fully saturated rings. The van der Waals surface area contributed by atoms with Crippen molar-refractivity contribution in [3.8, 4) is 0 Å². The normalized spacial score (nSPS) is 13.5. The standard InChI is InChI=1S/C18H20BrNO2/c1-4-13-5-7-14(8-6-13)18(3,22)16-11-15(19)9-10-17(16)20-12(2)21/h5-11,22H,4H2,1-3H3,(H,20,21). The maximum Gasteiger partial charge on any atom is 0.221 e. The van der Waals surface area contributed by atoms with Crippen LogP contribution in [-0.2, 0) is 16.8 Å². The van der Waals surface area contributed by atoms with Gasteiger partial charge in [0.25, 0.3) is 0 Å². The summed E-state index contributed by atoms with van der Waals surface area (Å²) >= 11 is 3.43. The van der Waals surface area contributed by atoms with Crippen molar-refractivity contribution in [2.45, 2.75) is 32.8 Å². The van der Waals surface area contributed by atoms with Gasteiger partial charge >= 0.3 is 0 Å². The van der Waals surface area contributed by atoms with Crippen LogP contribution in [0.4, 0.5) is 5.69 Å². The summed E-state index contributed by atoms with van der Waals surface area (Å²) < 4.78 is 0.849. The largest absolute Gasteiger partial charge is 0.381 e. The molecule has 0 saturated carbocycles. The van der Waals surface area contributed by atoms with Gasteiger partial charge in [-0.1, -0.05) is 47.1 Å². The molecule has 3 nitrogen and oxygen atoms in total. The fraction of sp³-hybridized carbons (Fsp3) is 0.278. The van der Waals surface area contributed by atoms with E-state index in [4.69, 9.17) is 0 Å².